The van der Waals surface area contributed by atoms with E-state index in [1.807, 2.05) is 0 Å². The molecule has 1 N–H and O–H groups in total. The molecule has 0 spiro atoms. The predicted molar refractivity (Wildman–Crippen MR) is 106 cm³/mol. The Morgan fingerprint density at radius 3 is 2.58 bits per heavy atom. The zero-order valence-corrected chi connectivity index (χ0v) is 17.3. The second-order valence-corrected chi connectivity index (χ2v) is 6.86. The zero-order valence-electron chi connectivity index (χ0n) is 15.8. The van der Waals surface area contributed by atoms with Crippen LogP contribution in [0.25, 0.3) is 11.3 Å². The minimum Gasteiger partial charge on any atom is -0.474 e. The number of aromatic nitrogens is 2. The Bertz CT molecular complexity index is 1070. The number of rotatable bonds is 6. The van der Waals surface area contributed by atoms with Gasteiger partial charge >= 0.3 is 12.3 Å². The fourth-order valence-corrected chi connectivity index (χ4v) is 3.07. The zero-order chi connectivity index (χ0) is 22.6. The Kier molecular flexibility index (Phi) is 6.91. The van der Waals surface area contributed by atoms with Crippen LogP contribution in [0.15, 0.2) is 41.1 Å². The average Bonchev–Trinajstić information content (AvgIpc) is 3.05. The van der Waals surface area contributed by atoms with Crippen molar-refractivity contribution in [3.63, 3.8) is 0 Å². The Hall–Kier alpha value is -2.98. The van der Waals surface area contributed by atoms with Gasteiger partial charge < -0.3 is 14.0 Å². The van der Waals surface area contributed by atoms with E-state index in [2.05, 4.69) is 15.5 Å². The number of nitrogens with one attached hydrogen (secondary N) is 1. The molecule has 3 aromatic rings. The van der Waals surface area contributed by atoms with Gasteiger partial charge in [0, 0.05) is 17.8 Å². The fourth-order valence-electron chi connectivity index (χ4n) is 2.50. The number of nitrogens with zero attached hydrogens (tertiary/aromatic N) is 2. The maximum absolute atomic E-state index is 12.7. The summed E-state index contributed by atoms with van der Waals surface area (Å²) in [5, 5.41) is 6.98. The molecule has 0 atom stereocenters. The van der Waals surface area contributed by atoms with Crippen molar-refractivity contribution in [2.45, 2.75) is 13.1 Å². The summed E-state index contributed by atoms with van der Waals surface area (Å²) in [6.45, 7) is 1.10. The van der Waals surface area contributed by atoms with Crippen LogP contribution in [0, 0.1) is 6.92 Å². The number of hydrogen-bond acceptors (Lipinski definition) is 6. The molecule has 2 aromatic heterocycles. The number of carbonyl (C=O) groups excluding carboxylic acids is 1. The molecule has 2 heterocycles. The van der Waals surface area contributed by atoms with Crippen LogP contribution in [-0.4, -0.2) is 29.4 Å². The number of aryl methyl sites for hydroxylation is 1. The van der Waals surface area contributed by atoms with Crippen molar-refractivity contribution >= 4 is 35.0 Å². The van der Waals surface area contributed by atoms with Crippen LogP contribution in [-0.2, 0) is 10.9 Å². The van der Waals surface area contributed by atoms with E-state index in [9.17, 15) is 18.0 Å². The van der Waals surface area contributed by atoms with Gasteiger partial charge in [-0.25, -0.2) is 9.78 Å². The minimum absolute atomic E-state index is 0.209. The van der Waals surface area contributed by atoms with Crippen molar-refractivity contribution in [2.75, 3.05) is 18.5 Å². The van der Waals surface area contributed by atoms with E-state index in [1.165, 1.54) is 0 Å². The van der Waals surface area contributed by atoms with Crippen molar-refractivity contribution in [1.29, 1.82) is 0 Å². The third-order valence-corrected chi connectivity index (χ3v) is 4.55. The summed E-state index contributed by atoms with van der Waals surface area (Å²) in [5.74, 6) is 0.0386. The van der Waals surface area contributed by atoms with Gasteiger partial charge in [-0.2, -0.15) is 13.2 Å². The summed E-state index contributed by atoms with van der Waals surface area (Å²) >= 11 is 12.4. The van der Waals surface area contributed by atoms with Crippen LogP contribution in [0.2, 0.25) is 10.0 Å². The van der Waals surface area contributed by atoms with Gasteiger partial charge in [0.15, 0.2) is 5.76 Å². The summed E-state index contributed by atoms with van der Waals surface area (Å²) in [6, 6.07) is 6.44. The van der Waals surface area contributed by atoms with Crippen molar-refractivity contribution in [2.24, 2.45) is 0 Å². The quantitative estimate of drug-likeness (QED) is 0.440. The number of pyridine rings is 1. The fraction of sp³-hybridized carbons (Fsp3) is 0.211. The molecule has 12 heteroatoms. The van der Waals surface area contributed by atoms with E-state index in [4.69, 9.17) is 37.2 Å². The highest BCUT2D eigenvalue weighted by Gasteiger charge is 2.31. The summed E-state index contributed by atoms with van der Waals surface area (Å²) in [6.07, 6.45) is -4.41. The standard InChI is InChI=1S/C19H14Cl2F3N3O4/c1-10-16(17(27-31-10)15-12(20)3-2-4-13(15)21)26-18(28)30-8-7-29-14-9-11(5-6-25-14)19(22,23)24/h2-6,9H,7-8H2,1H3,(H,26,28). The lowest BCUT2D eigenvalue weighted by Crippen LogP contribution is -2.18. The van der Waals surface area contributed by atoms with Gasteiger partial charge in [0.25, 0.3) is 0 Å². The minimum atomic E-state index is -4.52. The summed E-state index contributed by atoms with van der Waals surface area (Å²) in [4.78, 5) is 15.8. The van der Waals surface area contributed by atoms with Gasteiger partial charge in [0.05, 0.1) is 15.6 Å². The highest BCUT2D eigenvalue weighted by molar-refractivity contribution is 6.39. The average molecular weight is 476 g/mol. The molecular weight excluding hydrogens is 462 g/mol. The SMILES string of the molecule is Cc1onc(-c2c(Cl)cccc2Cl)c1NC(=O)OCCOc1cc(C(F)(F)F)ccn1. The Balaban J connectivity index is 1.59. The summed E-state index contributed by atoms with van der Waals surface area (Å²) in [7, 11) is 0. The first kappa shape index (κ1) is 22.7. The Morgan fingerprint density at radius 1 is 1.19 bits per heavy atom. The van der Waals surface area contributed by atoms with E-state index < -0.39 is 17.8 Å². The van der Waals surface area contributed by atoms with Gasteiger partial charge in [-0.15, -0.1) is 0 Å². The number of anilines is 1. The molecule has 1 amide bonds. The van der Waals surface area contributed by atoms with Crippen LogP contribution in [0.1, 0.15) is 11.3 Å². The monoisotopic (exact) mass is 475 g/mol. The lowest BCUT2D eigenvalue weighted by Gasteiger charge is -2.10. The molecular formula is C19H14Cl2F3N3O4. The smallest absolute Gasteiger partial charge is 0.416 e. The van der Waals surface area contributed by atoms with Crippen LogP contribution in [0.4, 0.5) is 23.7 Å². The van der Waals surface area contributed by atoms with Gasteiger partial charge in [-0.1, -0.05) is 34.4 Å². The molecule has 31 heavy (non-hydrogen) atoms. The van der Waals surface area contributed by atoms with E-state index in [-0.39, 0.29) is 36.2 Å². The molecule has 3 rings (SSSR count). The van der Waals surface area contributed by atoms with Crippen LogP contribution < -0.4 is 10.1 Å². The van der Waals surface area contributed by atoms with Gasteiger partial charge in [0.2, 0.25) is 5.88 Å². The maximum atomic E-state index is 12.7. The van der Waals surface area contributed by atoms with E-state index in [0.717, 1.165) is 18.3 Å². The Morgan fingerprint density at radius 2 is 1.90 bits per heavy atom. The lowest BCUT2D eigenvalue weighted by molar-refractivity contribution is -0.137. The van der Waals surface area contributed by atoms with Crippen molar-refractivity contribution in [1.82, 2.24) is 10.1 Å². The van der Waals surface area contributed by atoms with E-state index >= 15 is 0 Å². The number of halogens is 5. The molecule has 164 valence electrons. The Labute approximate surface area is 184 Å². The van der Waals surface area contributed by atoms with Crippen LogP contribution in [0.5, 0.6) is 5.88 Å². The highest BCUT2D eigenvalue weighted by Crippen LogP contribution is 2.39. The van der Waals surface area contributed by atoms with Gasteiger partial charge in [0.1, 0.15) is 24.6 Å². The van der Waals surface area contributed by atoms with Crippen molar-refractivity contribution in [3.8, 4) is 17.1 Å². The second-order valence-electron chi connectivity index (χ2n) is 6.05. The van der Waals surface area contributed by atoms with Crippen molar-refractivity contribution < 1.29 is 32.0 Å². The summed E-state index contributed by atoms with van der Waals surface area (Å²) < 4.78 is 53.3. The number of hydrogen-bond donors (Lipinski definition) is 1. The van der Waals surface area contributed by atoms with E-state index in [0.29, 0.717) is 15.6 Å². The molecule has 0 fully saturated rings. The van der Waals surface area contributed by atoms with Crippen molar-refractivity contribution in [3.05, 3.63) is 57.9 Å². The third-order valence-electron chi connectivity index (χ3n) is 3.92. The molecule has 0 saturated heterocycles. The largest absolute Gasteiger partial charge is 0.474 e. The predicted octanol–water partition coefficient (Wildman–Crippen LogP) is 6.00. The molecule has 0 bridgehead atoms. The first-order valence-electron chi connectivity index (χ1n) is 8.67. The number of alkyl halides is 3. The highest BCUT2D eigenvalue weighted by atomic mass is 35.5. The lowest BCUT2D eigenvalue weighted by atomic mass is 10.1. The number of amides is 1. The number of carbonyl (C=O) groups is 1. The molecule has 1 aromatic carbocycles. The molecule has 0 aliphatic carbocycles. The molecule has 0 radical (unpaired) electrons. The molecule has 0 aliphatic rings. The van der Waals surface area contributed by atoms with Crippen LogP contribution >= 0.6 is 23.2 Å². The van der Waals surface area contributed by atoms with Crippen LogP contribution in [0.3, 0.4) is 0 Å². The summed E-state index contributed by atoms with van der Waals surface area (Å²) in [5.41, 5.74) is -0.100. The first-order chi connectivity index (χ1) is 14.7. The molecule has 0 aliphatic heterocycles. The van der Waals surface area contributed by atoms with Gasteiger partial charge in [-0.3, -0.25) is 5.32 Å². The number of benzene rings is 1. The normalized spacial score (nSPS) is 11.3. The maximum Gasteiger partial charge on any atom is 0.416 e. The first-order valence-corrected chi connectivity index (χ1v) is 9.43. The molecule has 0 saturated carbocycles. The van der Waals surface area contributed by atoms with E-state index in [1.54, 1.807) is 25.1 Å². The molecule has 0 unspecified atom stereocenters. The second kappa shape index (κ2) is 9.44. The third kappa shape index (κ3) is 5.59. The van der Waals surface area contributed by atoms with Gasteiger partial charge in [-0.05, 0) is 25.1 Å². The molecule has 7 nitrogen and oxygen atoms in total. The number of ether oxygens (including phenoxy) is 2. The topological polar surface area (TPSA) is 86.5 Å².